The summed E-state index contributed by atoms with van der Waals surface area (Å²) in [7, 11) is 0. The van der Waals surface area contributed by atoms with Gasteiger partial charge in [0.2, 0.25) is 0 Å². The van der Waals surface area contributed by atoms with E-state index in [-0.39, 0.29) is 45.5 Å². The molecule has 20 valence electrons. The van der Waals surface area contributed by atoms with Crippen molar-refractivity contribution in [3.05, 3.63) is 0 Å². The number of hydrogen-bond donors (Lipinski definition) is 1. The molecule has 0 spiro atoms. The van der Waals surface area contributed by atoms with E-state index in [2.05, 4.69) is 12.6 Å². The minimum absolute atomic E-state index is 0. The number of hydrogen-bond acceptors (Lipinski definition) is 2. The number of nitrogens with zero attached hydrogens (tertiary/aromatic N) is 1. The van der Waals surface area contributed by atoms with Crippen molar-refractivity contribution in [2.75, 3.05) is 0 Å². The van der Waals surface area contributed by atoms with E-state index in [4.69, 9.17) is 5.26 Å². The molecule has 4 heavy (non-hydrogen) atoms. The molecule has 0 aliphatic heterocycles. The molecular weight excluding hydrogens is 146 g/mol. The SMILES string of the molecule is N#CS.[SrH2]. The summed E-state index contributed by atoms with van der Waals surface area (Å²) < 4.78 is 0. The van der Waals surface area contributed by atoms with Crippen LogP contribution in [0, 0.1) is 10.7 Å². The van der Waals surface area contributed by atoms with Crippen LogP contribution in [0.2, 0.25) is 0 Å². The molecule has 0 aromatic carbocycles. The Morgan fingerprint density at radius 1 is 1.75 bits per heavy atom. The molecule has 0 fully saturated rings. The summed E-state index contributed by atoms with van der Waals surface area (Å²) in [4.78, 5) is 0. The maximum absolute atomic E-state index is 7.18. The van der Waals surface area contributed by atoms with Crippen molar-refractivity contribution in [1.82, 2.24) is 0 Å². The van der Waals surface area contributed by atoms with Crippen LogP contribution >= 0.6 is 12.6 Å². The zero-order valence-electron chi connectivity index (χ0n) is 1.39. The normalized spacial score (nSPS) is 2.00. The van der Waals surface area contributed by atoms with Crippen LogP contribution in [0.15, 0.2) is 0 Å². The van der Waals surface area contributed by atoms with Gasteiger partial charge in [-0.15, -0.1) is 0 Å². The summed E-state index contributed by atoms with van der Waals surface area (Å²) in [5, 5.41) is 8.63. The van der Waals surface area contributed by atoms with E-state index in [0.717, 1.165) is 0 Å². The van der Waals surface area contributed by atoms with E-state index in [9.17, 15) is 0 Å². The number of thiocyanates is 1. The standard InChI is InChI=1S/CHNS.Sr.2H/c2-1-3;;;/h3H;;;. The molecule has 0 bridgehead atoms. The van der Waals surface area contributed by atoms with Crippen LogP contribution in [0.3, 0.4) is 0 Å². The van der Waals surface area contributed by atoms with Crippen molar-refractivity contribution >= 4 is 58.1 Å². The zero-order chi connectivity index (χ0) is 2.71. The Hall–Kier alpha value is 1.32. The zero-order valence-corrected chi connectivity index (χ0v) is 2.29. The number of nitriles is 1. The molecule has 1 nitrogen and oxygen atoms in total. The second kappa shape index (κ2) is 8.85. The first-order chi connectivity index (χ1) is 1.41. The molecule has 0 unspecified atom stereocenters. The average molecular weight is 149 g/mol. The molecule has 0 saturated carbocycles. The van der Waals surface area contributed by atoms with Crippen LogP contribution in [-0.2, 0) is 0 Å². The van der Waals surface area contributed by atoms with Gasteiger partial charge in [-0.3, -0.25) is 0 Å². The molecule has 0 atom stereocenters. The van der Waals surface area contributed by atoms with E-state index in [1.807, 2.05) is 0 Å². The van der Waals surface area contributed by atoms with Crippen LogP contribution in [-0.4, -0.2) is 45.5 Å². The molecule has 0 amide bonds. The third-order valence-corrected chi connectivity index (χ3v) is 0. The van der Waals surface area contributed by atoms with Gasteiger partial charge in [0.05, 0.1) is 0 Å². The van der Waals surface area contributed by atoms with E-state index in [1.165, 1.54) is 5.40 Å². The Morgan fingerprint density at radius 3 is 1.75 bits per heavy atom. The molecule has 0 heterocycles. The van der Waals surface area contributed by atoms with E-state index < -0.39 is 0 Å². The van der Waals surface area contributed by atoms with Crippen LogP contribution in [0.4, 0.5) is 0 Å². The summed E-state index contributed by atoms with van der Waals surface area (Å²) in [5.74, 6) is 0. The molecule has 0 radical (unpaired) electrons. The fraction of sp³-hybridized carbons (Fsp3) is 0. The third kappa shape index (κ3) is 10.3. The Labute approximate surface area is 67.7 Å². The van der Waals surface area contributed by atoms with Crippen LogP contribution in [0.25, 0.3) is 0 Å². The number of rotatable bonds is 0. The second-order valence-electron chi connectivity index (χ2n) is 0.100. The summed E-state index contributed by atoms with van der Waals surface area (Å²) >= 11 is 3.09. The molecule has 3 heteroatoms. The maximum atomic E-state index is 7.18. The van der Waals surface area contributed by atoms with Gasteiger partial charge >= 0.3 is 45.5 Å². The van der Waals surface area contributed by atoms with Gasteiger partial charge < -0.3 is 0 Å². The van der Waals surface area contributed by atoms with Gasteiger partial charge in [-0.05, 0) is 0 Å². The van der Waals surface area contributed by atoms with Gasteiger partial charge in [0.15, 0.2) is 0 Å². The molecule has 0 aromatic rings. The monoisotopic (exact) mass is 149 g/mol. The predicted octanol–water partition coefficient (Wildman–Crippen LogP) is -0.519. The molecular formula is CH3NSSr. The predicted molar refractivity (Wildman–Crippen MR) is 23.1 cm³/mol. The van der Waals surface area contributed by atoms with Gasteiger partial charge in [-0.1, -0.05) is 12.6 Å². The number of thiol groups is 1. The van der Waals surface area contributed by atoms with E-state index in [1.54, 1.807) is 0 Å². The van der Waals surface area contributed by atoms with E-state index >= 15 is 0 Å². The average Bonchev–Trinajstić information content (AvgIpc) is 0.918. The van der Waals surface area contributed by atoms with Crippen molar-refractivity contribution in [3.63, 3.8) is 0 Å². The van der Waals surface area contributed by atoms with Gasteiger partial charge in [0.1, 0.15) is 5.40 Å². The fourth-order valence-corrected chi connectivity index (χ4v) is 0. The molecule has 0 rings (SSSR count). The topological polar surface area (TPSA) is 23.8 Å². The van der Waals surface area contributed by atoms with Crippen molar-refractivity contribution < 1.29 is 0 Å². The summed E-state index contributed by atoms with van der Waals surface area (Å²) in [5.41, 5.74) is 0. The third-order valence-electron chi connectivity index (χ3n) is 0. The van der Waals surface area contributed by atoms with Crippen LogP contribution < -0.4 is 0 Å². The fourth-order valence-electron chi connectivity index (χ4n) is 0. The van der Waals surface area contributed by atoms with Gasteiger partial charge in [-0.25, -0.2) is 0 Å². The first-order valence-corrected chi connectivity index (χ1v) is 0.894. The summed E-state index contributed by atoms with van der Waals surface area (Å²) in [6, 6.07) is 0. The van der Waals surface area contributed by atoms with Crippen molar-refractivity contribution in [1.29, 1.82) is 5.26 Å². The van der Waals surface area contributed by atoms with Crippen molar-refractivity contribution in [2.45, 2.75) is 0 Å². The molecule has 0 aliphatic rings. The molecule has 0 N–H and O–H groups in total. The first-order valence-electron chi connectivity index (χ1n) is 0.447. The Bertz CT molecular complexity index is 29.5. The second-order valence-corrected chi connectivity index (χ2v) is 0.300. The van der Waals surface area contributed by atoms with Crippen LogP contribution in [0.1, 0.15) is 0 Å². The van der Waals surface area contributed by atoms with E-state index in [0.29, 0.717) is 0 Å². The summed E-state index contributed by atoms with van der Waals surface area (Å²) in [6.45, 7) is 0. The Balaban J connectivity index is 0. The van der Waals surface area contributed by atoms with Gasteiger partial charge in [-0.2, -0.15) is 5.26 Å². The minimum atomic E-state index is 0. The van der Waals surface area contributed by atoms with Gasteiger partial charge in [0, 0.05) is 0 Å². The first kappa shape index (κ1) is 9.01. The quantitative estimate of drug-likeness (QED) is 0.279. The Kier molecular flexibility index (Phi) is 19.9. The van der Waals surface area contributed by atoms with Gasteiger partial charge in [0.25, 0.3) is 0 Å². The van der Waals surface area contributed by atoms with Crippen molar-refractivity contribution in [2.24, 2.45) is 0 Å². The molecule has 0 aromatic heterocycles. The molecule has 0 aliphatic carbocycles. The molecule has 0 saturated heterocycles. The van der Waals surface area contributed by atoms with Crippen LogP contribution in [0.5, 0.6) is 0 Å². The van der Waals surface area contributed by atoms with Crippen molar-refractivity contribution in [3.8, 4) is 5.40 Å². The summed E-state index contributed by atoms with van der Waals surface area (Å²) in [6.07, 6.45) is 0. The Morgan fingerprint density at radius 2 is 1.75 bits per heavy atom.